The number of nitrogens with one attached hydrogen (secondary N) is 1. The Balaban J connectivity index is 2.77. The van der Waals surface area contributed by atoms with Crippen molar-refractivity contribution >= 4 is 23.8 Å². The molecular formula is C13H16ClNO4. The predicted octanol–water partition coefficient (Wildman–Crippen LogP) is 2.07. The van der Waals surface area contributed by atoms with Gasteiger partial charge in [-0.15, -0.1) is 0 Å². The molecule has 1 amide bonds. The van der Waals surface area contributed by atoms with Gasteiger partial charge in [-0.3, -0.25) is 9.59 Å². The van der Waals surface area contributed by atoms with Gasteiger partial charge in [0.2, 0.25) is 0 Å². The maximum atomic E-state index is 11.4. The number of carbonyl (C=O) groups excluding carboxylic acids is 2. The van der Waals surface area contributed by atoms with Crippen LogP contribution in [0, 0.1) is 0 Å². The van der Waals surface area contributed by atoms with Gasteiger partial charge in [0, 0.05) is 12.1 Å². The van der Waals surface area contributed by atoms with E-state index in [2.05, 4.69) is 5.32 Å². The first kappa shape index (κ1) is 15.3. The van der Waals surface area contributed by atoms with Gasteiger partial charge in [0.25, 0.3) is 5.91 Å². The van der Waals surface area contributed by atoms with Crippen molar-refractivity contribution in [1.82, 2.24) is 5.32 Å². The van der Waals surface area contributed by atoms with Crippen LogP contribution in [0.25, 0.3) is 0 Å². The van der Waals surface area contributed by atoms with E-state index in [9.17, 15) is 9.59 Å². The fourth-order valence-electron chi connectivity index (χ4n) is 1.40. The van der Waals surface area contributed by atoms with Crippen LogP contribution in [0.1, 0.15) is 23.7 Å². The summed E-state index contributed by atoms with van der Waals surface area (Å²) in [4.78, 5) is 22.1. The van der Waals surface area contributed by atoms with Crippen LogP contribution in [-0.2, 0) is 4.79 Å². The summed E-state index contributed by atoms with van der Waals surface area (Å²) in [6.45, 7) is 2.40. The monoisotopic (exact) mass is 285 g/mol. The summed E-state index contributed by atoms with van der Waals surface area (Å²) in [5, 5.41) is 2.90. The number of hydrogen-bond donors (Lipinski definition) is 1. The molecule has 1 aromatic carbocycles. The zero-order valence-corrected chi connectivity index (χ0v) is 11.6. The number of benzene rings is 1. The zero-order valence-electron chi connectivity index (χ0n) is 10.9. The maximum absolute atomic E-state index is 11.4. The fourth-order valence-corrected chi connectivity index (χ4v) is 1.67. The highest BCUT2D eigenvalue weighted by atomic mass is 35.5. The van der Waals surface area contributed by atoms with Crippen molar-refractivity contribution in [3.63, 3.8) is 0 Å². The Morgan fingerprint density at radius 3 is 2.79 bits per heavy atom. The first-order valence-corrected chi connectivity index (χ1v) is 6.22. The topological polar surface area (TPSA) is 64.6 Å². The molecular weight excluding hydrogens is 270 g/mol. The first-order chi connectivity index (χ1) is 9.12. The third-order valence-corrected chi connectivity index (χ3v) is 2.59. The van der Waals surface area contributed by atoms with Crippen molar-refractivity contribution in [3.8, 4) is 11.5 Å². The molecule has 19 heavy (non-hydrogen) atoms. The Morgan fingerprint density at radius 1 is 1.47 bits per heavy atom. The summed E-state index contributed by atoms with van der Waals surface area (Å²) in [6.07, 6.45) is 1.51. The number of hydrogen-bond acceptors (Lipinski definition) is 4. The Bertz CT molecular complexity index is 462. The van der Waals surface area contributed by atoms with Gasteiger partial charge >= 0.3 is 0 Å². The largest absolute Gasteiger partial charge is 0.493 e. The number of methoxy groups -OCH3 is 1. The van der Waals surface area contributed by atoms with Gasteiger partial charge in [-0.05, 0) is 18.6 Å². The summed E-state index contributed by atoms with van der Waals surface area (Å²) in [7, 11) is 1.43. The summed E-state index contributed by atoms with van der Waals surface area (Å²) in [5.41, 5.74) is 0.379. The second kappa shape index (κ2) is 7.63. The lowest BCUT2D eigenvalue weighted by Gasteiger charge is -2.12. The van der Waals surface area contributed by atoms with Gasteiger partial charge in [-0.25, -0.2) is 0 Å². The molecule has 0 aliphatic carbocycles. The van der Waals surface area contributed by atoms with E-state index in [-0.39, 0.29) is 23.3 Å². The van der Waals surface area contributed by atoms with Crippen molar-refractivity contribution < 1.29 is 19.1 Å². The molecule has 0 aliphatic rings. The lowest BCUT2D eigenvalue weighted by atomic mass is 10.2. The summed E-state index contributed by atoms with van der Waals surface area (Å²) in [6, 6.07) is 2.95. The summed E-state index contributed by atoms with van der Waals surface area (Å²) >= 11 is 5.98. The number of amides is 1. The lowest BCUT2D eigenvalue weighted by Crippen LogP contribution is -2.29. The van der Waals surface area contributed by atoms with Gasteiger partial charge < -0.3 is 14.8 Å². The minimum absolute atomic E-state index is 0.156. The minimum Gasteiger partial charge on any atom is -0.493 e. The molecule has 0 heterocycles. The van der Waals surface area contributed by atoms with Gasteiger partial charge in [0.15, 0.2) is 18.1 Å². The summed E-state index contributed by atoms with van der Waals surface area (Å²) < 4.78 is 10.4. The van der Waals surface area contributed by atoms with Gasteiger partial charge in [0.05, 0.1) is 12.1 Å². The SMILES string of the molecule is CCCNC(=O)COc1c(Cl)cc(C=O)cc1OC. The van der Waals surface area contributed by atoms with Crippen molar-refractivity contribution in [2.45, 2.75) is 13.3 Å². The molecule has 1 aromatic rings. The van der Waals surface area contributed by atoms with Gasteiger partial charge in [0.1, 0.15) is 6.29 Å². The van der Waals surface area contributed by atoms with Gasteiger partial charge in [-0.1, -0.05) is 18.5 Å². The number of carbonyl (C=O) groups is 2. The van der Waals surface area contributed by atoms with Crippen molar-refractivity contribution in [1.29, 1.82) is 0 Å². The van der Waals surface area contributed by atoms with Crippen LogP contribution < -0.4 is 14.8 Å². The van der Waals surface area contributed by atoms with Crippen LogP contribution >= 0.6 is 11.6 Å². The maximum Gasteiger partial charge on any atom is 0.257 e. The predicted molar refractivity (Wildman–Crippen MR) is 72.2 cm³/mol. The smallest absolute Gasteiger partial charge is 0.257 e. The number of aldehydes is 1. The lowest BCUT2D eigenvalue weighted by molar-refractivity contribution is -0.123. The van der Waals surface area contributed by atoms with Crippen LogP contribution in [0.3, 0.4) is 0 Å². The average molecular weight is 286 g/mol. The van der Waals surface area contributed by atoms with Crippen molar-refractivity contribution in [2.75, 3.05) is 20.3 Å². The third kappa shape index (κ3) is 4.44. The van der Waals surface area contributed by atoms with E-state index in [1.165, 1.54) is 19.2 Å². The summed E-state index contributed by atoms with van der Waals surface area (Å²) in [5.74, 6) is 0.332. The van der Waals surface area contributed by atoms with Crippen LogP contribution in [0.2, 0.25) is 5.02 Å². The molecule has 104 valence electrons. The molecule has 5 nitrogen and oxygen atoms in total. The number of halogens is 1. The highest BCUT2D eigenvalue weighted by Gasteiger charge is 2.13. The molecule has 0 atom stereocenters. The Hall–Kier alpha value is -1.75. The van der Waals surface area contributed by atoms with Crippen LogP contribution in [0.15, 0.2) is 12.1 Å². The van der Waals surface area contributed by atoms with Gasteiger partial charge in [-0.2, -0.15) is 0 Å². The molecule has 0 saturated heterocycles. The second-order valence-corrected chi connectivity index (χ2v) is 4.20. The zero-order chi connectivity index (χ0) is 14.3. The minimum atomic E-state index is -0.237. The van der Waals surface area contributed by atoms with E-state index < -0.39 is 0 Å². The number of rotatable bonds is 7. The Labute approximate surface area is 116 Å². The van der Waals surface area contributed by atoms with Crippen LogP contribution in [0.4, 0.5) is 0 Å². The van der Waals surface area contributed by atoms with E-state index in [1.807, 2.05) is 6.92 Å². The van der Waals surface area contributed by atoms with E-state index in [4.69, 9.17) is 21.1 Å². The van der Waals surface area contributed by atoms with E-state index in [0.717, 1.165) is 6.42 Å². The second-order valence-electron chi connectivity index (χ2n) is 3.79. The molecule has 1 N–H and O–H groups in total. The highest BCUT2D eigenvalue weighted by Crippen LogP contribution is 2.35. The quantitative estimate of drug-likeness (QED) is 0.779. The van der Waals surface area contributed by atoms with Crippen molar-refractivity contribution in [2.24, 2.45) is 0 Å². The molecule has 0 radical (unpaired) electrons. The standard InChI is InChI=1S/C13H16ClNO4/c1-3-4-15-12(17)8-19-13-10(14)5-9(7-16)6-11(13)18-2/h5-7H,3-4,8H2,1-2H3,(H,15,17). The highest BCUT2D eigenvalue weighted by molar-refractivity contribution is 6.32. The average Bonchev–Trinajstić information content (AvgIpc) is 2.42. The fraction of sp³-hybridized carbons (Fsp3) is 0.385. The van der Waals surface area contributed by atoms with Crippen LogP contribution in [-0.4, -0.2) is 32.5 Å². The molecule has 6 heteroatoms. The third-order valence-electron chi connectivity index (χ3n) is 2.31. The van der Waals surface area contributed by atoms with E-state index in [1.54, 1.807) is 0 Å². The Morgan fingerprint density at radius 2 is 2.21 bits per heavy atom. The van der Waals surface area contributed by atoms with Crippen LogP contribution in [0.5, 0.6) is 11.5 Å². The molecule has 0 bridgehead atoms. The molecule has 0 aromatic heterocycles. The molecule has 0 fully saturated rings. The van der Waals surface area contributed by atoms with E-state index >= 15 is 0 Å². The Kier molecular flexibility index (Phi) is 6.15. The number of ether oxygens (including phenoxy) is 2. The molecule has 0 spiro atoms. The molecule has 0 aliphatic heterocycles. The first-order valence-electron chi connectivity index (χ1n) is 5.84. The normalized spacial score (nSPS) is 9.84. The molecule has 1 rings (SSSR count). The van der Waals surface area contributed by atoms with E-state index in [0.29, 0.717) is 24.1 Å². The molecule has 0 saturated carbocycles. The molecule has 0 unspecified atom stereocenters. The van der Waals surface area contributed by atoms with Crippen molar-refractivity contribution in [3.05, 3.63) is 22.7 Å².